The van der Waals surface area contributed by atoms with Gasteiger partial charge in [-0.25, -0.2) is 4.99 Å². The van der Waals surface area contributed by atoms with E-state index in [2.05, 4.69) is 16.1 Å². The molecule has 0 radical (unpaired) electrons. The standard InChI is InChI=1S/C11H14N4O/c12-7-14-11(13)10-2-1-9(15-10)8-3-5-16-6-4-8/h1-3,7,15H,4-6H2,(H3,12,13,14). The number of nitrogens with zero attached hydrogens (tertiary/aromatic N) is 1. The van der Waals surface area contributed by atoms with Crippen molar-refractivity contribution >= 4 is 17.7 Å². The molecule has 16 heavy (non-hydrogen) atoms. The van der Waals surface area contributed by atoms with Crippen molar-refractivity contribution in [2.24, 2.45) is 10.7 Å². The maximum absolute atomic E-state index is 6.85. The van der Waals surface area contributed by atoms with Gasteiger partial charge >= 0.3 is 0 Å². The number of aromatic amines is 1. The van der Waals surface area contributed by atoms with Crippen LogP contribution in [0.5, 0.6) is 0 Å². The van der Waals surface area contributed by atoms with Crippen molar-refractivity contribution in [3.05, 3.63) is 29.6 Å². The molecule has 0 unspecified atom stereocenters. The average molecular weight is 218 g/mol. The van der Waals surface area contributed by atoms with Crippen LogP contribution in [0.1, 0.15) is 17.8 Å². The number of hydrogen-bond donors (Lipinski definition) is 3. The summed E-state index contributed by atoms with van der Waals surface area (Å²) in [6.45, 7) is 1.41. The second-order valence-electron chi connectivity index (χ2n) is 3.48. The van der Waals surface area contributed by atoms with Crippen molar-refractivity contribution in [3.63, 3.8) is 0 Å². The maximum Gasteiger partial charge on any atom is 0.148 e. The van der Waals surface area contributed by atoms with Crippen molar-refractivity contribution in [3.8, 4) is 0 Å². The Bertz CT molecular complexity index is 445. The molecular formula is C11H14N4O. The summed E-state index contributed by atoms with van der Waals surface area (Å²) < 4.78 is 5.25. The third-order valence-electron chi connectivity index (χ3n) is 2.47. The number of aliphatic imine (C=N–C) groups is 1. The molecule has 0 spiro atoms. The zero-order valence-corrected chi connectivity index (χ0v) is 8.86. The highest BCUT2D eigenvalue weighted by atomic mass is 16.5. The predicted octanol–water partition coefficient (Wildman–Crippen LogP) is 1.13. The molecule has 0 aromatic carbocycles. The lowest BCUT2D eigenvalue weighted by molar-refractivity contribution is 0.161. The minimum absolute atomic E-state index is 0.328. The molecule has 0 aliphatic carbocycles. The molecule has 0 amide bonds. The first-order chi connectivity index (χ1) is 7.81. The average Bonchev–Trinajstić information content (AvgIpc) is 2.80. The van der Waals surface area contributed by atoms with Gasteiger partial charge < -0.3 is 15.5 Å². The van der Waals surface area contributed by atoms with Gasteiger partial charge in [0.05, 0.1) is 18.9 Å². The summed E-state index contributed by atoms with van der Waals surface area (Å²) in [6, 6.07) is 3.84. The normalized spacial score (nSPS) is 17.0. The van der Waals surface area contributed by atoms with Gasteiger partial charge in [-0.3, -0.25) is 5.41 Å². The smallest absolute Gasteiger partial charge is 0.148 e. The number of hydrogen-bond acceptors (Lipinski definition) is 2. The molecule has 0 saturated carbocycles. The quantitative estimate of drug-likeness (QED) is 0.524. The van der Waals surface area contributed by atoms with Crippen LogP contribution in [-0.4, -0.2) is 30.4 Å². The largest absolute Gasteiger partial charge is 0.382 e. The summed E-state index contributed by atoms with van der Waals surface area (Å²) in [6.07, 6.45) is 3.90. The molecule has 2 rings (SSSR count). The summed E-state index contributed by atoms with van der Waals surface area (Å²) in [5, 5.41) is 6.85. The van der Waals surface area contributed by atoms with E-state index in [0.717, 1.165) is 30.8 Å². The summed E-state index contributed by atoms with van der Waals surface area (Å²) in [7, 11) is 0. The van der Waals surface area contributed by atoms with E-state index in [-0.39, 0.29) is 0 Å². The van der Waals surface area contributed by atoms with Crippen molar-refractivity contribution in [1.29, 1.82) is 5.41 Å². The first-order valence-corrected chi connectivity index (χ1v) is 5.10. The van der Waals surface area contributed by atoms with Crippen LogP contribution >= 0.6 is 0 Å². The Labute approximate surface area is 93.5 Å². The Kier molecular flexibility index (Phi) is 3.16. The molecule has 5 heteroatoms. The zero-order chi connectivity index (χ0) is 11.4. The summed E-state index contributed by atoms with van der Waals surface area (Å²) in [5.74, 6) is 0.328. The number of aromatic nitrogens is 1. The van der Waals surface area contributed by atoms with Crippen molar-refractivity contribution in [1.82, 2.24) is 4.98 Å². The van der Waals surface area contributed by atoms with Gasteiger partial charge in [-0.05, 0) is 24.1 Å². The number of ether oxygens (including phenoxy) is 1. The van der Waals surface area contributed by atoms with E-state index >= 15 is 0 Å². The third-order valence-corrected chi connectivity index (χ3v) is 2.47. The molecule has 1 aliphatic heterocycles. The van der Waals surface area contributed by atoms with Crippen LogP contribution < -0.4 is 5.73 Å². The second-order valence-corrected chi connectivity index (χ2v) is 3.48. The molecule has 0 saturated heterocycles. The van der Waals surface area contributed by atoms with E-state index in [9.17, 15) is 0 Å². The molecule has 5 nitrogen and oxygen atoms in total. The minimum atomic E-state index is 0.328. The highest BCUT2D eigenvalue weighted by molar-refractivity contribution is 5.99. The Hall–Kier alpha value is -1.88. The van der Waals surface area contributed by atoms with Crippen LogP contribution in [0.2, 0.25) is 0 Å². The SMILES string of the molecule is N=CN=C(N)c1ccc(C2=CCOCC2)[nH]1. The Morgan fingerprint density at radius 3 is 3.12 bits per heavy atom. The van der Waals surface area contributed by atoms with Gasteiger partial charge in [-0.15, -0.1) is 0 Å². The summed E-state index contributed by atoms with van der Waals surface area (Å²) in [5.41, 5.74) is 8.69. The van der Waals surface area contributed by atoms with Crippen molar-refractivity contribution in [2.75, 3.05) is 13.2 Å². The molecule has 0 fully saturated rings. The molecule has 84 valence electrons. The molecule has 0 bridgehead atoms. The van der Waals surface area contributed by atoms with E-state index in [1.807, 2.05) is 12.1 Å². The number of nitrogens with one attached hydrogen (secondary N) is 2. The number of rotatable bonds is 3. The first kappa shape index (κ1) is 10.6. The Morgan fingerprint density at radius 1 is 1.56 bits per heavy atom. The lowest BCUT2D eigenvalue weighted by Crippen LogP contribution is -2.14. The molecule has 1 aliphatic rings. The fourth-order valence-electron chi connectivity index (χ4n) is 1.64. The lowest BCUT2D eigenvalue weighted by atomic mass is 10.1. The minimum Gasteiger partial charge on any atom is -0.382 e. The number of amidine groups is 1. The molecule has 0 atom stereocenters. The van der Waals surface area contributed by atoms with Crippen LogP contribution in [0.3, 0.4) is 0 Å². The molecule has 2 heterocycles. The highest BCUT2D eigenvalue weighted by Gasteiger charge is 2.09. The van der Waals surface area contributed by atoms with Crippen LogP contribution in [-0.2, 0) is 4.74 Å². The summed E-state index contributed by atoms with van der Waals surface area (Å²) >= 11 is 0. The fraction of sp³-hybridized carbons (Fsp3) is 0.273. The zero-order valence-electron chi connectivity index (χ0n) is 8.86. The van der Waals surface area contributed by atoms with E-state index < -0.39 is 0 Å². The highest BCUT2D eigenvalue weighted by Crippen LogP contribution is 2.20. The number of nitrogens with two attached hydrogens (primary N) is 1. The predicted molar refractivity (Wildman–Crippen MR) is 63.7 cm³/mol. The van der Waals surface area contributed by atoms with Gasteiger partial charge in [-0.1, -0.05) is 6.08 Å². The third kappa shape index (κ3) is 2.20. The Morgan fingerprint density at radius 2 is 2.44 bits per heavy atom. The van der Waals surface area contributed by atoms with Crippen molar-refractivity contribution in [2.45, 2.75) is 6.42 Å². The monoisotopic (exact) mass is 218 g/mol. The molecule has 4 N–H and O–H groups in total. The molecule has 1 aromatic heterocycles. The lowest BCUT2D eigenvalue weighted by Gasteiger charge is -2.11. The van der Waals surface area contributed by atoms with Gasteiger partial charge in [0.1, 0.15) is 12.2 Å². The Balaban J connectivity index is 2.22. The van der Waals surface area contributed by atoms with E-state index in [0.29, 0.717) is 12.4 Å². The summed E-state index contributed by atoms with van der Waals surface area (Å²) in [4.78, 5) is 6.90. The van der Waals surface area contributed by atoms with Gasteiger partial charge in [0.25, 0.3) is 0 Å². The van der Waals surface area contributed by atoms with Crippen LogP contribution in [0.4, 0.5) is 0 Å². The van der Waals surface area contributed by atoms with Crippen LogP contribution in [0, 0.1) is 5.41 Å². The van der Waals surface area contributed by atoms with Crippen LogP contribution in [0.25, 0.3) is 5.57 Å². The fourth-order valence-corrected chi connectivity index (χ4v) is 1.64. The van der Waals surface area contributed by atoms with Crippen LogP contribution in [0.15, 0.2) is 23.2 Å². The number of H-pyrrole nitrogens is 1. The van der Waals surface area contributed by atoms with Gasteiger partial charge in [-0.2, -0.15) is 0 Å². The topological polar surface area (TPSA) is 87.2 Å². The van der Waals surface area contributed by atoms with Gasteiger partial charge in [0, 0.05) is 5.69 Å². The maximum atomic E-state index is 6.85. The second kappa shape index (κ2) is 4.76. The molecule has 1 aromatic rings. The van der Waals surface area contributed by atoms with E-state index in [1.165, 1.54) is 5.57 Å². The van der Waals surface area contributed by atoms with E-state index in [4.69, 9.17) is 15.9 Å². The van der Waals surface area contributed by atoms with E-state index in [1.54, 1.807) is 0 Å². The molecular weight excluding hydrogens is 204 g/mol. The first-order valence-electron chi connectivity index (χ1n) is 5.10. The van der Waals surface area contributed by atoms with Crippen molar-refractivity contribution < 1.29 is 4.74 Å². The van der Waals surface area contributed by atoms with Gasteiger partial charge in [0.2, 0.25) is 0 Å². The van der Waals surface area contributed by atoms with Gasteiger partial charge in [0.15, 0.2) is 0 Å².